The number of methoxy groups -OCH3 is 1. The summed E-state index contributed by atoms with van der Waals surface area (Å²) in [4.78, 5) is 31.6. The highest BCUT2D eigenvalue weighted by Gasteiger charge is 2.36. The third kappa shape index (κ3) is 5.71. The van der Waals surface area contributed by atoms with Crippen LogP contribution in [0.5, 0.6) is 17.4 Å². The molecule has 2 heterocycles. The molecular weight excluding hydrogens is 528 g/mol. The van der Waals surface area contributed by atoms with E-state index >= 15 is 0 Å². The van der Waals surface area contributed by atoms with Gasteiger partial charge in [-0.25, -0.2) is 0 Å². The third-order valence-electron chi connectivity index (χ3n) is 5.85. The molecule has 0 unspecified atom stereocenters. The van der Waals surface area contributed by atoms with Crippen molar-refractivity contribution in [3.8, 4) is 28.6 Å². The lowest BCUT2D eigenvalue weighted by Gasteiger charge is -2.31. The lowest BCUT2D eigenvalue weighted by Crippen LogP contribution is -2.37. The van der Waals surface area contributed by atoms with Crippen molar-refractivity contribution in [3.05, 3.63) is 47.0 Å². The number of rotatable bonds is 9. The number of amides is 1. The number of fused-ring (bicyclic) bond motifs is 3. The maximum Gasteiger partial charge on any atom is 0.311 e. The fourth-order valence-electron chi connectivity index (χ4n) is 3.91. The molecule has 0 radical (unpaired) electrons. The van der Waals surface area contributed by atoms with Gasteiger partial charge in [0, 0.05) is 29.7 Å². The molecule has 1 aliphatic heterocycles. The molecule has 9 nitrogen and oxygen atoms in total. The summed E-state index contributed by atoms with van der Waals surface area (Å²) in [6, 6.07) is 10.6. The Kier molecular flexibility index (Phi) is 9.06. The largest absolute Gasteiger partial charge is 0.493 e. The van der Waals surface area contributed by atoms with Gasteiger partial charge in [-0.1, -0.05) is 68.8 Å². The van der Waals surface area contributed by atoms with Gasteiger partial charge in [-0.2, -0.15) is 4.98 Å². The number of hydrogen-bond donors (Lipinski definition) is 0. The molecule has 1 aliphatic rings. The molecule has 1 atom stereocenters. The Morgan fingerprint density at radius 3 is 2.63 bits per heavy atom. The molecule has 1 aromatic heterocycles. The van der Waals surface area contributed by atoms with E-state index in [0.29, 0.717) is 27.7 Å². The molecule has 0 N–H and O–H groups in total. The van der Waals surface area contributed by atoms with Crippen LogP contribution in [0.25, 0.3) is 11.3 Å². The van der Waals surface area contributed by atoms with Gasteiger partial charge in [0.15, 0.2) is 17.2 Å². The number of nitrogens with zero attached hydrogens (tertiary/aromatic N) is 4. The number of halogens is 1. The molecular formula is C27H29ClN4O5S. The van der Waals surface area contributed by atoms with E-state index in [0.717, 1.165) is 18.6 Å². The fraction of sp³-hybridized carbons (Fsp3) is 0.370. The summed E-state index contributed by atoms with van der Waals surface area (Å²) in [7, 11) is 1.45. The first-order chi connectivity index (χ1) is 18.4. The van der Waals surface area contributed by atoms with Crippen molar-refractivity contribution in [2.24, 2.45) is 0 Å². The Morgan fingerprint density at radius 2 is 1.92 bits per heavy atom. The quantitative estimate of drug-likeness (QED) is 0.131. The first-order valence-electron chi connectivity index (χ1n) is 12.4. The third-order valence-corrected chi connectivity index (χ3v) is 7.06. The summed E-state index contributed by atoms with van der Waals surface area (Å²) < 4.78 is 17.4. The number of hydrogen-bond acceptors (Lipinski definition) is 9. The Hall–Kier alpha value is -3.37. The summed E-state index contributed by atoms with van der Waals surface area (Å²) in [5, 5.41) is 9.39. The van der Waals surface area contributed by atoms with E-state index in [1.165, 1.54) is 18.9 Å². The molecule has 1 amide bonds. The van der Waals surface area contributed by atoms with Crippen molar-refractivity contribution in [1.29, 1.82) is 0 Å². The minimum atomic E-state index is -0.961. The van der Waals surface area contributed by atoms with E-state index in [4.69, 9.17) is 25.8 Å². The maximum atomic E-state index is 13.4. The van der Waals surface area contributed by atoms with Crippen LogP contribution in [0, 0.1) is 0 Å². The Morgan fingerprint density at radius 1 is 1.13 bits per heavy atom. The predicted octanol–water partition coefficient (Wildman–Crippen LogP) is 6.24. The van der Waals surface area contributed by atoms with Crippen molar-refractivity contribution in [1.82, 2.24) is 15.2 Å². The van der Waals surface area contributed by atoms with Crippen LogP contribution in [0.4, 0.5) is 5.69 Å². The second kappa shape index (κ2) is 12.4. The van der Waals surface area contributed by atoms with Crippen LogP contribution in [-0.4, -0.2) is 39.9 Å². The number of benzene rings is 2. The topological polar surface area (TPSA) is 104 Å². The smallest absolute Gasteiger partial charge is 0.311 e. The van der Waals surface area contributed by atoms with Gasteiger partial charge in [0.1, 0.15) is 0 Å². The second-order valence-corrected chi connectivity index (χ2v) is 9.89. The van der Waals surface area contributed by atoms with Crippen molar-refractivity contribution in [2.75, 3.05) is 17.8 Å². The molecule has 0 saturated heterocycles. The highest BCUT2D eigenvalue weighted by Crippen LogP contribution is 2.46. The first-order valence-corrected chi connectivity index (χ1v) is 13.8. The van der Waals surface area contributed by atoms with Gasteiger partial charge in [-0.3, -0.25) is 14.5 Å². The standard InChI is InChI=1S/C27H29ClN4O5S/c1-5-8-13-38-27-29-25-23(30-31-27)17-11-9-10-12-19(17)32(21(33)6-2)26(37-25)16-14-18(28)24(20(15-16)35-4)36-22(34)7-3/h9-12,14-15,26H,5-8,13H2,1-4H3/t26-/m0/s1. The Balaban J connectivity index is 1.88. The number of unbranched alkanes of at least 4 members (excludes halogenated alkanes) is 1. The molecule has 3 aromatic rings. The van der Waals surface area contributed by atoms with E-state index in [1.807, 2.05) is 24.3 Å². The second-order valence-electron chi connectivity index (χ2n) is 8.42. The van der Waals surface area contributed by atoms with Gasteiger partial charge in [0.2, 0.25) is 23.2 Å². The van der Waals surface area contributed by atoms with Crippen LogP contribution in [0.1, 0.15) is 58.2 Å². The van der Waals surface area contributed by atoms with Gasteiger partial charge in [0.25, 0.3) is 0 Å². The summed E-state index contributed by atoms with van der Waals surface area (Å²) in [6.07, 6.45) is 1.50. The van der Waals surface area contributed by atoms with Gasteiger partial charge in [-0.05, 0) is 24.6 Å². The number of anilines is 1. The van der Waals surface area contributed by atoms with Crippen LogP contribution >= 0.6 is 23.4 Å². The Bertz CT molecular complexity index is 1340. The average Bonchev–Trinajstić information content (AvgIpc) is 3.08. The zero-order valence-corrected chi connectivity index (χ0v) is 23.3. The van der Waals surface area contributed by atoms with Crippen LogP contribution in [0.2, 0.25) is 5.02 Å². The molecule has 11 heteroatoms. The van der Waals surface area contributed by atoms with Crippen molar-refractivity contribution in [2.45, 2.75) is 57.8 Å². The summed E-state index contributed by atoms with van der Waals surface area (Å²) >= 11 is 8.07. The van der Waals surface area contributed by atoms with E-state index in [-0.39, 0.29) is 41.2 Å². The van der Waals surface area contributed by atoms with Crippen LogP contribution in [0.3, 0.4) is 0 Å². The molecule has 0 aliphatic carbocycles. The first kappa shape index (κ1) is 27.7. The van der Waals surface area contributed by atoms with Gasteiger partial charge >= 0.3 is 5.97 Å². The highest BCUT2D eigenvalue weighted by atomic mass is 35.5. The summed E-state index contributed by atoms with van der Waals surface area (Å²) in [5.41, 5.74) is 2.21. The van der Waals surface area contributed by atoms with Gasteiger partial charge in [0.05, 0.1) is 17.8 Å². The number of carbonyl (C=O) groups is 2. The van der Waals surface area contributed by atoms with Crippen LogP contribution < -0.4 is 19.1 Å². The number of thioether (sulfide) groups is 1. The van der Waals surface area contributed by atoms with Crippen LogP contribution in [0.15, 0.2) is 41.6 Å². The van der Waals surface area contributed by atoms with Gasteiger partial charge < -0.3 is 14.2 Å². The van der Waals surface area contributed by atoms with Gasteiger partial charge in [-0.15, -0.1) is 10.2 Å². The van der Waals surface area contributed by atoms with Crippen LogP contribution in [-0.2, 0) is 9.59 Å². The predicted molar refractivity (Wildman–Crippen MR) is 146 cm³/mol. The number of carbonyl (C=O) groups excluding carboxylic acids is 2. The van der Waals surface area contributed by atoms with E-state index in [2.05, 4.69) is 22.1 Å². The number of esters is 1. The molecule has 0 spiro atoms. The van der Waals surface area contributed by atoms with Crippen molar-refractivity contribution >= 4 is 40.9 Å². The maximum absolute atomic E-state index is 13.4. The molecule has 200 valence electrons. The molecule has 4 rings (SSSR count). The summed E-state index contributed by atoms with van der Waals surface area (Å²) in [5.74, 6) is 0.798. The number of aromatic nitrogens is 3. The molecule has 0 fully saturated rings. The number of para-hydroxylation sites is 1. The normalized spacial score (nSPS) is 14.1. The van der Waals surface area contributed by atoms with Crippen molar-refractivity contribution in [3.63, 3.8) is 0 Å². The van der Waals surface area contributed by atoms with E-state index < -0.39 is 12.2 Å². The lowest BCUT2D eigenvalue weighted by molar-refractivity contribution is -0.134. The average molecular weight is 557 g/mol. The zero-order valence-electron chi connectivity index (χ0n) is 21.7. The molecule has 0 saturated carbocycles. The zero-order chi connectivity index (χ0) is 27.2. The molecule has 38 heavy (non-hydrogen) atoms. The monoisotopic (exact) mass is 556 g/mol. The van der Waals surface area contributed by atoms with E-state index in [1.54, 1.807) is 30.9 Å². The van der Waals surface area contributed by atoms with Crippen molar-refractivity contribution < 1.29 is 23.8 Å². The fourth-order valence-corrected chi connectivity index (χ4v) is 5.03. The molecule has 0 bridgehead atoms. The lowest BCUT2D eigenvalue weighted by atomic mass is 10.1. The minimum Gasteiger partial charge on any atom is -0.493 e. The highest BCUT2D eigenvalue weighted by molar-refractivity contribution is 7.99. The minimum absolute atomic E-state index is 0.103. The summed E-state index contributed by atoms with van der Waals surface area (Å²) in [6.45, 7) is 5.58. The number of ether oxygens (including phenoxy) is 3. The van der Waals surface area contributed by atoms with E-state index in [9.17, 15) is 9.59 Å². The molecule has 2 aromatic carbocycles. The Labute approximate surface area is 230 Å². The SMILES string of the molecule is CCCCSc1nnc2c(n1)O[C@@H](c1cc(Cl)c(OC(=O)CC)c(OC)c1)N(C(=O)CC)c1ccccc1-2.